The number of halogens is 1. The van der Waals surface area contributed by atoms with Crippen LogP contribution in [0.2, 0.25) is 0 Å². The number of amides is 2. The first-order chi connectivity index (χ1) is 12.3. The average Bonchev–Trinajstić information content (AvgIpc) is 3.16. The van der Waals surface area contributed by atoms with Crippen LogP contribution in [0.5, 0.6) is 0 Å². The number of nitrogens with zero attached hydrogens (tertiary/aromatic N) is 1. The fourth-order valence-electron chi connectivity index (χ4n) is 2.97. The van der Waals surface area contributed by atoms with Crippen molar-refractivity contribution in [3.63, 3.8) is 0 Å². The first kappa shape index (κ1) is 18.8. The van der Waals surface area contributed by atoms with E-state index in [2.05, 4.69) is 5.32 Å². The fraction of sp³-hybridized carbons (Fsp3) is 0.412. The van der Waals surface area contributed by atoms with Crippen LogP contribution in [0.25, 0.3) is 10.1 Å². The van der Waals surface area contributed by atoms with Gasteiger partial charge in [0.1, 0.15) is 5.82 Å². The number of carbonyl (C=O) groups is 2. The SMILES string of the molecule is CCN(CC(=O)N[C@@H]1CCS(=O)(=O)C1)C(=O)c1cc2c(F)cccc2s1. The van der Waals surface area contributed by atoms with Crippen LogP contribution in [0.4, 0.5) is 4.39 Å². The van der Waals surface area contributed by atoms with Gasteiger partial charge in [0.15, 0.2) is 9.84 Å². The van der Waals surface area contributed by atoms with Crippen molar-refractivity contribution in [1.29, 1.82) is 0 Å². The molecule has 140 valence electrons. The maximum atomic E-state index is 13.8. The van der Waals surface area contributed by atoms with E-state index in [1.807, 2.05) is 0 Å². The van der Waals surface area contributed by atoms with Crippen molar-refractivity contribution >= 4 is 43.1 Å². The molecule has 3 rings (SSSR count). The van der Waals surface area contributed by atoms with E-state index in [9.17, 15) is 22.4 Å². The smallest absolute Gasteiger partial charge is 0.264 e. The molecule has 1 atom stereocenters. The van der Waals surface area contributed by atoms with Gasteiger partial charge >= 0.3 is 0 Å². The molecule has 9 heteroatoms. The first-order valence-electron chi connectivity index (χ1n) is 8.26. The second kappa shape index (κ2) is 7.32. The summed E-state index contributed by atoms with van der Waals surface area (Å²) in [5, 5.41) is 3.06. The molecular formula is C17H19FN2O4S2. The molecule has 1 N–H and O–H groups in total. The lowest BCUT2D eigenvalue weighted by atomic mass is 10.2. The van der Waals surface area contributed by atoms with Gasteiger partial charge in [0, 0.05) is 22.7 Å². The fourth-order valence-corrected chi connectivity index (χ4v) is 5.69. The summed E-state index contributed by atoms with van der Waals surface area (Å²) >= 11 is 1.18. The molecular weight excluding hydrogens is 379 g/mol. The summed E-state index contributed by atoms with van der Waals surface area (Å²) in [6.45, 7) is 1.90. The standard InChI is InChI=1S/C17H19FN2O4S2/c1-2-20(9-16(21)19-11-6-7-26(23,24)10-11)17(22)15-8-12-13(18)4-3-5-14(12)25-15/h3-5,8,11H,2,6-7,9-10H2,1H3,(H,19,21)/t11-/m1/s1. The Morgan fingerprint density at radius 2 is 2.15 bits per heavy atom. The number of benzene rings is 1. The van der Waals surface area contributed by atoms with Gasteiger partial charge in [-0.1, -0.05) is 6.07 Å². The zero-order chi connectivity index (χ0) is 18.9. The van der Waals surface area contributed by atoms with E-state index in [0.29, 0.717) is 27.9 Å². The van der Waals surface area contributed by atoms with Crippen LogP contribution in [0, 0.1) is 5.82 Å². The molecule has 26 heavy (non-hydrogen) atoms. The Balaban J connectivity index is 1.68. The van der Waals surface area contributed by atoms with E-state index in [1.54, 1.807) is 19.1 Å². The topological polar surface area (TPSA) is 83.6 Å². The van der Waals surface area contributed by atoms with Gasteiger partial charge in [0.2, 0.25) is 5.91 Å². The first-order valence-corrected chi connectivity index (χ1v) is 10.9. The quantitative estimate of drug-likeness (QED) is 0.833. The van der Waals surface area contributed by atoms with Crippen LogP contribution >= 0.6 is 11.3 Å². The minimum absolute atomic E-state index is 0.0611. The highest BCUT2D eigenvalue weighted by molar-refractivity contribution is 7.91. The minimum Gasteiger partial charge on any atom is -0.351 e. The van der Waals surface area contributed by atoms with Crippen LogP contribution in [0.15, 0.2) is 24.3 Å². The number of hydrogen-bond acceptors (Lipinski definition) is 5. The normalized spacial score (nSPS) is 18.8. The van der Waals surface area contributed by atoms with Crippen molar-refractivity contribution < 1.29 is 22.4 Å². The molecule has 2 amide bonds. The van der Waals surface area contributed by atoms with Crippen LogP contribution < -0.4 is 5.32 Å². The third-order valence-electron chi connectivity index (χ3n) is 4.32. The Hall–Kier alpha value is -2.00. The van der Waals surface area contributed by atoms with Crippen molar-refractivity contribution in [2.45, 2.75) is 19.4 Å². The number of fused-ring (bicyclic) bond motifs is 1. The van der Waals surface area contributed by atoms with Crippen LogP contribution in [-0.4, -0.2) is 55.8 Å². The molecule has 0 aliphatic carbocycles. The number of thiophene rings is 1. The maximum absolute atomic E-state index is 13.8. The van der Waals surface area contributed by atoms with Crippen molar-refractivity contribution in [3.8, 4) is 0 Å². The van der Waals surface area contributed by atoms with Crippen molar-refractivity contribution in [3.05, 3.63) is 35.0 Å². The van der Waals surface area contributed by atoms with E-state index in [-0.39, 0.29) is 29.8 Å². The van der Waals surface area contributed by atoms with Crippen LogP contribution in [0.3, 0.4) is 0 Å². The molecule has 0 spiro atoms. The Morgan fingerprint density at radius 3 is 2.77 bits per heavy atom. The number of carbonyl (C=O) groups excluding carboxylic acids is 2. The molecule has 1 aromatic heterocycles. The van der Waals surface area contributed by atoms with Gasteiger partial charge in [-0.3, -0.25) is 9.59 Å². The predicted octanol–water partition coefficient (Wildman–Crippen LogP) is 1.81. The highest BCUT2D eigenvalue weighted by Crippen LogP contribution is 2.28. The van der Waals surface area contributed by atoms with Crippen molar-refractivity contribution in [1.82, 2.24) is 10.2 Å². The lowest BCUT2D eigenvalue weighted by Crippen LogP contribution is -2.44. The number of likely N-dealkylation sites (N-methyl/N-ethyl adjacent to an activating group) is 1. The van der Waals surface area contributed by atoms with Gasteiger partial charge in [0.25, 0.3) is 5.91 Å². The van der Waals surface area contributed by atoms with Crippen molar-refractivity contribution in [2.24, 2.45) is 0 Å². The predicted molar refractivity (Wildman–Crippen MR) is 98.6 cm³/mol. The molecule has 2 aromatic rings. The van der Waals surface area contributed by atoms with Gasteiger partial charge in [-0.25, -0.2) is 12.8 Å². The number of sulfone groups is 1. The summed E-state index contributed by atoms with van der Waals surface area (Å²) in [6, 6.07) is 5.76. The lowest BCUT2D eigenvalue weighted by molar-refractivity contribution is -0.122. The van der Waals surface area contributed by atoms with E-state index in [1.165, 1.54) is 28.4 Å². The second-order valence-corrected chi connectivity index (χ2v) is 9.56. The summed E-state index contributed by atoms with van der Waals surface area (Å²) in [5.41, 5.74) is 0. The Morgan fingerprint density at radius 1 is 1.38 bits per heavy atom. The second-order valence-electron chi connectivity index (χ2n) is 6.25. The molecule has 1 saturated heterocycles. The van der Waals surface area contributed by atoms with Crippen molar-refractivity contribution in [2.75, 3.05) is 24.6 Å². The van der Waals surface area contributed by atoms with Gasteiger partial charge in [-0.2, -0.15) is 0 Å². The number of nitrogens with one attached hydrogen (secondary N) is 1. The zero-order valence-corrected chi connectivity index (χ0v) is 15.8. The molecule has 0 radical (unpaired) electrons. The Labute approximate surface area is 154 Å². The van der Waals surface area contributed by atoms with Gasteiger partial charge in [0.05, 0.1) is 22.9 Å². The van der Waals surface area contributed by atoms with E-state index in [0.717, 1.165) is 0 Å². The Bertz CT molecular complexity index is 955. The third-order valence-corrected chi connectivity index (χ3v) is 7.18. The Kier molecular flexibility index (Phi) is 5.29. The summed E-state index contributed by atoms with van der Waals surface area (Å²) in [6.07, 6.45) is 0.393. The maximum Gasteiger partial charge on any atom is 0.264 e. The molecule has 1 fully saturated rings. The highest BCUT2D eigenvalue weighted by Gasteiger charge is 2.29. The molecule has 0 bridgehead atoms. The summed E-state index contributed by atoms with van der Waals surface area (Å²) in [7, 11) is -3.08. The molecule has 1 aliphatic heterocycles. The average molecular weight is 398 g/mol. The summed E-state index contributed by atoms with van der Waals surface area (Å²) < 4.78 is 37.4. The number of hydrogen-bond donors (Lipinski definition) is 1. The van der Waals surface area contributed by atoms with Crippen LogP contribution in [0.1, 0.15) is 23.0 Å². The molecule has 1 aliphatic rings. The lowest BCUT2D eigenvalue weighted by Gasteiger charge is -2.20. The van der Waals surface area contributed by atoms with Gasteiger partial charge in [-0.05, 0) is 31.5 Å². The minimum atomic E-state index is -3.08. The highest BCUT2D eigenvalue weighted by atomic mass is 32.2. The molecule has 1 aromatic carbocycles. The van der Waals surface area contributed by atoms with E-state index >= 15 is 0 Å². The zero-order valence-electron chi connectivity index (χ0n) is 14.2. The molecule has 2 heterocycles. The summed E-state index contributed by atoms with van der Waals surface area (Å²) in [5.74, 6) is -1.12. The van der Waals surface area contributed by atoms with E-state index in [4.69, 9.17) is 0 Å². The van der Waals surface area contributed by atoms with Gasteiger partial charge in [-0.15, -0.1) is 11.3 Å². The van der Waals surface area contributed by atoms with Crippen LogP contribution in [-0.2, 0) is 14.6 Å². The molecule has 0 unspecified atom stereocenters. The number of rotatable bonds is 5. The van der Waals surface area contributed by atoms with E-state index < -0.39 is 21.8 Å². The molecule has 6 nitrogen and oxygen atoms in total. The molecule has 0 saturated carbocycles. The van der Waals surface area contributed by atoms with Gasteiger partial charge < -0.3 is 10.2 Å². The monoisotopic (exact) mass is 398 g/mol. The third kappa shape index (κ3) is 4.04. The largest absolute Gasteiger partial charge is 0.351 e. The summed E-state index contributed by atoms with van der Waals surface area (Å²) in [4.78, 5) is 26.6.